The number of phosphoric acid groups is 1. The van der Waals surface area contributed by atoms with Gasteiger partial charge in [0.2, 0.25) is 5.91 Å². The van der Waals surface area contributed by atoms with Gasteiger partial charge in [-0.25, -0.2) is 9.36 Å². The monoisotopic (exact) mass is 665 g/mol. The lowest BCUT2D eigenvalue weighted by Gasteiger charge is -2.18. The molecule has 266 valence electrons. The number of carboxylic acids is 1. The molecule has 1 amide bonds. The molecule has 0 spiro atoms. The number of nitrogens with one attached hydrogen (secondary N) is 1. The van der Waals surface area contributed by atoms with Crippen LogP contribution in [0.4, 0.5) is 0 Å². The third kappa shape index (κ3) is 29.6. The highest BCUT2D eigenvalue weighted by atomic mass is 31.2. The quantitative estimate of drug-likeness (QED) is 0.0311. The fraction of sp³-hybridized carbons (Fsp3) is 0.909. The Balaban J connectivity index is 3.94. The standard InChI is InChI=1S/C33H64NO10P/c1-3-5-7-9-10-11-12-13-14-15-16-17-18-19-21-22-24-31(36)34-30(33(38)39)28-44-45(40,41)43-27-29(35)26-42-32(37)25-23-20-8-6-4-2/h29-30,35H,3-28H2,1-2H3,(H,34,36)(H,38,39)(H,40,41). The molecule has 0 radical (unpaired) electrons. The van der Waals surface area contributed by atoms with E-state index in [2.05, 4.69) is 23.7 Å². The van der Waals surface area contributed by atoms with Crippen LogP contribution in [0.1, 0.15) is 162 Å². The molecular weight excluding hydrogens is 601 g/mol. The van der Waals surface area contributed by atoms with Gasteiger partial charge in [0.05, 0.1) is 13.2 Å². The van der Waals surface area contributed by atoms with Crippen LogP contribution in [0.2, 0.25) is 0 Å². The zero-order valence-corrected chi connectivity index (χ0v) is 29.1. The molecule has 11 nitrogen and oxygen atoms in total. The number of carbonyl (C=O) groups excluding carboxylic acids is 2. The topological polar surface area (TPSA) is 169 Å². The van der Waals surface area contributed by atoms with Gasteiger partial charge in [-0.05, 0) is 12.8 Å². The second-order valence-electron chi connectivity index (χ2n) is 12.1. The number of rotatable bonds is 33. The Kier molecular flexibility index (Phi) is 28.8. The molecule has 0 aliphatic carbocycles. The van der Waals surface area contributed by atoms with Gasteiger partial charge in [-0.2, -0.15) is 0 Å². The number of esters is 1. The van der Waals surface area contributed by atoms with Gasteiger partial charge in [-0.3, -0.25) is 18.6 Å². The van der Waals surface area contributed by atoms with E-state index in [1.807, 2.05) is 0 Å². The van der Waals surface area contributed by atoms with Gasteiger partial charge in [0.1, 0.15) is 12.7 Å². The average molecular weight is 666 g/mol. The lowest BCUT2D eigenvalue weighted by molar-refractivity contribution is -0.147. The van der Waals surface area contributed by atoms with Gasteiger partial charge in [-0.15, -0.1) is 0 Å². The van der Waals surface area contributed by atoms with Crippen LogP contribution in [-0.2, 0) is 32.7 Å². The average Bonchev–Trinajstić information content (AvgIpc) is 3.00. The minimum Gasteiger partial charge on any atom is -0.480 e. The number of aliphatic hydroxyl groups excluding tert-OH is 1. The molecule has 0 saturated carbocycles. The number of ether oxygens (including phenoxy) is 1. The molecular formula is C33H64NO10P. The molecule has 0 rings (SSSR count). The molecule has 12 heteroatoms. The van der Waals surface area contributed by atoms with Crippen molar-refractivity contribution < 1.29 is 47.8 Å². The van der Waals surface area contributed by atoms with Gasteiger partial charge in [0.25, 0.3) is 0 Å². The summed E-state index contributed by atoms with van der Waals surface area (Å²) in [4.78, 5) is 45.3. The lowest BCUT2D eigenvalue weighted by atomic mass is 10.0. The van der Waals surface area contributed by atoms with Crippen LogP contribution in [0, 0.1) is 0 Å². The van der Waals surface area contributed by atoms with Crippen LogP contribution < -0.4 is 5.32 Å². The molecule has 4 N–H and O–H groups in total. The van der Waals surface area contributed by atoms with Crippen LogP contribution in [-0.4, -0.2) is 64.9 Å². The summed E-state index contributed by atoms with van der Waals surface area (Å²) in [5, 5.41) is 21.6. The molecule has 3 unspecified atom stereocenters. The summed E-state index contributed by atoms with van der Waals surface area (Å²) in [5.74, 6) is -2.38. The fourth-order valence-corrected chi connectivity index (χ4v) is 5.62. The molecule has 0 fully saturated rings. The van der Waals surface area contributed by atoms with Crippen molar-refractivity contribution >= 4 is 25.7 Å². The summed E-state index contributed by atoms with van der Waals surface area (Å²) in [6, 6.07) is -1.54. The number of hydrogen-bond acceptors (Lipinski definition) is 8. The van der Waals surface area contributed by atoms with Crippen LogP contribution in [0.5, 0.6) is 0 Å². The minimum absolute atomic E-state index is 0.152. The number of aliphatic carboxylic acids is 1. The van der Waals surface area contributed by atoms with Crippen molar-refractivity contribution in [3.05, 3.63) is 0 Å². The van der Waals surface area contributed by atoms with E-state index >= 15 is 0 Å². The molecule has 0 aromatic rings. The third-order valence-corrected chi connectivity index (χ3v) is 8.60. The van der Waals surface area contributed by atoms with Crippen molar-refractivity contribution in [2.24, 2.45) is 0 Å². The highest BCUT2D eigenvalue weighted by Gasteiger charge is 2.28. The van der Waals surface area contributed by atoms with Crippen molar-refractivity contribution in [3.8, 4) is 0 Å². The summed E-state index contributed by atoms with van der Waals surface area (Å²) in [6.07, 6.45) is 23.3. The van der Waals surface area contributed by atoms with E-state index in [1.165, 1.54) is 77.0 Å². The highest BCUT2D eigenvalue weighted by molar-refractivity contribution is 7.47. The van der Waals surface area contributed by atoms with E-state index in [-0.39, 0.29) is 12.8 Å². The molecule has 0 aliphatic heterocycles. The number of hydrogen-bond donors (Lipinski definition) is 4. The number of phosphoric ester groups is 1. The molecule has 0 heterocycles. The Hall–Kier alpha value is -1.52. The van der Waals surface area contributed by atoms with Gasteiger partial charge in [-0.1, -0.05) is 136 Å². The SMILES string of the molecule is CCCCCCCCCCCCCCCCCCC(=O)NC(COP(=O)(O)OCC(O)COC(=O)CCCCCCC)C(=O)O. The van der Waals surface area contributed by atoms with Crippen LogP contribution >= 0.6 is 7.82 Å². The van der Waals surface area contributed by atoms with Crippen molar-refractivity contribution in [3.63, 3.8) is 0 Å². The number of aliphatic hydroxyl groups is 1. The normalized spacial score (nSPS) is 14.0. The maximum atomic E-state index is 12.2. The maximum Gasteiger partial charge on any atom is 0.472 e. The van der Waals surface area contributed by atoms with Gasteiger partial charge in [0, 0.05) is 12.8 Å². The predicted molar refractivity (Wildman–Crippen MR) is 176 cm³/mol. The maximum absolute atomic E-state index is 12.2. The highest BCUT2D eigenvalue weighted by Crippen LogP contribution is 2.43. The second kappa shape index (κ2) is 29.9. The van der Waals surface area contributed by atoms with Crippen molar-refractivity contribution in [1.82, 2.24) is 5.32 Å². The van der Waals surface area contributed by atoms with Gasteiger partial charge >= 0.3 is 19.8 Å². The third-order valence-electron chi connectivity index (χ3n) is 7.65. The van der Waals surface area contributed by atoms with E-state index < -0.39 is 57.6 Å². The Morgan fingerprint density at radius 3 is 1.47 bits per heavy atom. The zero-order valence-electron chi connectivity index (χ0n) is 28.2. The van der Waals surface area contributed by atoms with Crippen LogP contribution in [0.3, 0.4) is 0 Å². The number of carboxylic acid groups (broad SMARTS) is 1. The van der Waals surface area contributed by atoms with Crippen molar-refractivity contribution in [2.75, 3.05) is 19.8 Å². The van der Waals surface area contributed by atoms with E-state index in [1.54, 1.807) is 0 Å². The summed E-state index contributed by atoms with van der Waals surface area (Å²) < 4.78 is 26.5. The molecule has 0 aliphatic rings. The first-order valence-corrected chi connectivity index (χ1v) is 19.1. The van der Waals surface area contributed by atoms with Gasteiger partial charge in [0.15, 0.2) is 6.04 Å². The number of unbranched alkanes of at least 4 members (excludes halogenated alkanes) is 19. The number of amides is 1. The number of carbonyl (C=O) groups is 3. The molecule has 0 bridgehead atoms. The molecule has 0 saturated heterocycles. The zero-order chi connectivity index (χ0) is 33.6. The second-order valence-corrected chi connectivity index (χ2v) is 13.5. The van der Waals surface area contributed by atoms with E-state index in [0.29, 0.717) is 12.8 Å². The summed E-state index contributed by atoms with van der Waals surface area (Å²) in [5.41, 5.74) is 0. The van der Waals surface area contributed by atoms with Crippen molar-refractivity contribution in [1.29, 1.82) is 0 Å². The molecule has 3 atom stereocenters. The lowest BCUT2D eigenvalue weighted by Crippen LogP contribution is -2.43. The Bertz CT molecular complexity index is 797. The first-order chi connectivity index (χ1) is 21.6. The smallest absolute Gasteiger partial charge is 0.472 e. The van der Waals surface area contributed by atoms with E-state index in [9.17, 15) is 34.1 Å². The minimum atomic E-state index is -4.73. The van der Waals surface area contributed by atoms with E-state index in [0.717, 1.165) is 44.9 Å². The summed E-state index contributed by atoms with van der Waals surface area (Å²) in [7, 11) is -4.73. The molecule has 0 aromatic carbocycles. The largest absolute Gasteiger partial charge is 0.480 e. The predicted octanol–water partition coefficient (Wildman–Crippen LogP) is 7.61. The van der Waals surface area contributed by atoms with E-state index in [4.69, 9.17) is 9.26 Å². The first-order valence-electron chi connectivity index (χ1n) is 17.6. The van der Waals surface area contributed by atoms with Crippen LogP contribution in [0.25, 0.3) is 0 Å². The molecule has 0 aromatic heterocycles. The summed E-state index contributed by atoms with van der Waals surface area (Å²) >= 11 is 0. The Labute approximate surface area is 272 Å². The summed E-state index contributed by atoms with van der Waals surface area (Å²) in [6.45, 7) is 2.47. The Morgan fingerprint density at radius 2 is 1.02 bits per heavy atom. The van der Waals surface area contributed by atoms with Gasteiger partial charge < -0.3 is 25.2 Å². The van der Waals surface area contributed by atoms with Crippen molar-refractivity contribution in [2.45, 2.75) is 174 Å². The fourth-order valence-electron chi connectivity index (χ4n) is 4.84. The first kappa shape index (κ1) is 43.5. The Morgan fingerprint density at radius 1 is 0.622 bits per heavy atom. The molecule has 45 heavy (non-hydrogen) atoms. The van der Waals surface area contributed by atoms with Crippen LogP contribution in [0.15, 0.2) is 0 Å².